The van der Waals surface area contributed by atoms with Crippen molar-refractivity contribution in [3.8, 4) is 5.75 Å². The third kappa shape index (κ3) is 4.58. The zero-order chi connectivity index (χ0) is 20.5. The maximum atomic E-state index is 12.7. The minimum atomic E-state index is -4.33. The summed E-state index contributed by atoms with van der Waals surface area (Å²) in [7, 11) is 0. The van der Waals surface area contributed by atoms with E-state index in [-0.39, 0.29) is 0 Å². The lowest BCUT2D eigenvalue weighted by molar-refractivity contribution is -0.914. The molecule has 0 saturated carbocycles. The van der Waals surface area contributed by atoms with Crippen molar-refractivity contribution in [3.63, 3.8) is 0 Å². The van der Waals surface area contributed by atoms with Crippen LogP contribution in [0.1, 0.15) is 42.0 Å². The molecular formula is C21H28F3N3O+2. The molecule has 1 saturated heterocycles. The van der Waals surface area contributed by atoms with E-state index in [1.54, 1.807) is 0 Å². The van der Waals surface area contributed by atoms with Gasteiger partial charge in [-0.05, 0) is 42.2 Å². The number of benzene rings is 1. The van der Waals surface area contributed by atoms with Crippen molar-refractivity contribution in [2.24, 2.45) is 0 Å². The van der Waals surface area contributed by atoms with E-state index in [2.05, 4.69) is 29.8 Å². The van der Waals surface area contributed by atoms with Gasteiger partial charge in [0.2, 0.25) is 0 Å². The van der Waals surface area contributed by atoms with E-state index in [0.29, 0.717) is 17.5 Å². The van der Waals surface area contributed by atoms with Crippen molar-refractivity contribution in [1.29, 1.82) is 0 Å². The number of phenolic OH excluding ortho intramolecular Hbond substituents is 1. The fourth-order valence-electron chi connectivity index (χ4n) is 3.82. The van der Waals surface area contributed by atoms with Gasteiger partial charge in [-0.2, -0.15) is 13.2 Å². The Bertz CT molecular complexity index is 811. The summed E-state index contributed by atoms with van der Waals surface area (Å²) >= 11 is 0. The van der Waals surface area contributed by atoms with Gasteiger partial charge in [-0.1, -0.05) is 13.8 Å². The first-order valence-corrected chi connectivity index (χ1v) is 9.65. The number of hydrogen-bond donors (Lipinski definition) is 2. The molecule has 4 nitrogen and oxygen atoms in total. The van der Waals surface area contributed by atoms with E-state index in [4.69, 9.17) is 0 Å². The number of aromatic nitrogens is 1. The van der Waals surface area contributed by atoms with E-state index in [9.17, 15) is 18.3 Å². The first-order valence-electron chi connectivity index (χ1n) is 9.65. The second-order valence-corrected chi connectivity index (χ2v) is 7.87. The summed E-state index contributed by atoms with van der Waals surface area (Å²) in [5, 5.41) is 10.3. The molecule has 1 fully saturated rings. The molecule has 7 heteroatoms. The summed E-state index contributed by atoms with van der Waals surface area (Å²) in [5.41, 5.74) is 2.65. The zero-order valence-corrected chi connectivity index (χ0v) is 16.5. The van der Waals surface area contributed by atoms with Crippen LogP contribution in [0.4, 0.5) is 19.0 Å². The van der Waals surface area contributed by atoms with Crippen LogP contribution in [-0.4, -0.2) is 31.3 Å². The lowest BCUT2D eigenvalue weighted by atomic mass is 9.95. The first kappa shape index (κ1) is 20.5. The Kier molecular flexibility index (Phi) is 5.84. The van der Waals surface area contributed by atoms with E-state index in [1.807, 2.05) is 13.0 Å². The highest BCUT2D eigenvalue weighted by molar-refractivity contribution is 5.42. The molecule has 0 spiro atoms. The quantitative estimate of drug-likeness (QED) is 0.836. The van der Waals surface area contributed by atoms with Crippen LogP contribution in [0.2, 0.25) is 0 Å². The van der Waals surface area contributed by atoms with E-state index < -0.39 is 11.7 Å². The Labute approximate surface area is 163 Å². The molecule has 0 aliphatic carbocycles. The Hall–Kier alpha value is -2.28. The van der Waals surface area contributed by atoms with Crippen LogP contribution < -0.4 is 14.8 Å². The molecule has 3 N–H and O–H groups in total. The van der Waals surface area contributed by atoms with Gasteiger partial charge in [0.25, 0.3) is 5.82 Å². The fraction of sp³-hybridized carbons (Fsp3) is 0.476. The van der Waals surface area contributed by atoms with Gasteiger partial charge >= 0.3 is 6.18 Å². The van der Waals surface area contributed by atoms with Crippen molar-refractivity contribution in [1.82, 2.24) is 0 Å². The zero-order valence-electron chi connectivity index (χ0n) is 16.5. The molecule has 0 unspecified atom stereocenters. The molecule has 28 heavy (non-hydrogen) atoms. The third-order valence-electron chi connectivity index (χ3n) is 5.46. The van der Waals surface area contributed by atoms with Crippen molar-refractivity contribution in [2.45, 2.75) is 39.4 Å². The standard InChI is InChI=1S/C21H26F3N3O/c1-14(2)18-11-16(19(28)10-15(18)3)13-26-6-8-27(9-7-26)20-5-4-17(12-25-20)21(22,23)24/h4-5,10-12,14,28H,6-9,13H2,1-3H3/p+2. The van der Waals surface area contributed by atoms with Gasteiger partial charge in [0.15, 0.2) is 0 Å². The molecule has 1 aromatic heterocycles. The van der Waals surface area contributed by atoms with Crippen LogP contribution in [-0.2, 0) is 12.7 Å². The number of aryl methyl sites for hydroxylation is 1. The minimum absolute atomic E-state index is 0.341. The van der Waals surface area contributed by atoms with Crippen LogP contribution in [0.5, 0.6) is 5.75 Å². The van der Waals surface area contributed by atoms with Crippen LogP contribution >= 0.6 is 0 Å². The van der Waals surface area contributed by atoms with Gasteiger partial charge in [-0.15, -0.1) is 0 Å². The highest BCUT2D eigenvalue weighted by atomic mass is 19.4. The molecule has 0 bridgehead atoms. The maximum absolute atomic E-state index is 12.7. The average Bonchev–Trinajstić information content (AvgIpc) is 2.63. The smallest absolute Gasteiger partial charge is 0.419 e. The highest BCUT2D eigenvalue weighted by Gasteiger charge is 2.33. The summed E-state index contributed by atoms with van der Waals surface area (Å²) < 4.78 is 38.1. The molecule has 0 amide bonds. The number of pyridine rings is 1. The predicted molar refractivity (Wildman–Crippen MR) is 102 cm³/mol. The number of rotatable bonds is 4. The van der Waals surface area contributed by atoms with Gasteiger partial charge in [-0.25, -0.2) is 4.98 Å². The number of anilines is 1. The van der Waals surface area contributed by atoms with Gasteiger partial charge in [0.05, 0.1) is 5.56 Å². The SMILES string of the molecule is Cc1cc(O)c(C[NH+]2CCN(c3ccc(C(F)(F)F)c[nH+]3)CC2)cc1C(C)C. The second kappa shape index (κ2) is 7.99. The summed E-state index contributed by atoms with van der Waals surface area (Å²) in [4.78, 5) is 6.20. The summed E-state index contributed by atoms with van der Waals surface area (Å²) in [6, 6.07) is 6.56. The molecule has 2 aromatic rings. The Morgan fingerprint density at radius 2 is 1.86 bits per heavy atom. The average molecular weight is 395 g/mol. The monoisotopic (exact) mass is 395 g/mol. The molecule has 0 radical (unpaired) electrons. The molecule has 0 atom stereocenters. The number of alkyl halides is 3. The lowest BCUT2D eigenvalue weighted by Crippen LogP contribution is -3.13. The maximum Gasteiger partial charge on any atom is 0.419 e. The number of aromatic hydroxyl groups is 1. The summed E-state index contributed by atoms with van der Waals surface area (Å²) in [5.74, 6) is 1.45. The van der Waals surface area contributed by atoms with Crippen LogP contribution in [0.15, 0.2) is 30.5 Å². The largest absolute Gasteiger partial charge is 0.507 e. The van der Waals surface area contributed by atoms with Gasteiger partial charge in [0, 0.05) is 11.6 Å². The predicted octanol–water partition coefficient (Wildman–Crippen LogP) is 2.56. The molecule has 152 valence electrons. The lowest BCUT2D eigenvalue weighted by Gasteiger charge is -2.29. The molecule has 2 heterocycles. The summed E-state index contributed by atoms with van der Waals surface area (Å²) in [6.45, 7) is 10.3. The molecule has 3 rings (SSSR count). The van der Waals surface area contributed by atoms with Gasteiger partial charge in [-0.3, -0.25) is 4.90 Å². The minimum Gasteiger partial charge on any atom is -0.507 e. The third-order valence-corrected chi connectivity index (χ3v) is 5.46. The Balaban J connectivity index is 1.62. The van der Waals surface area contributed by atoms with Crippen molar-refractivity contribution >= 4 is 5.82 Å². The van der Waals surface area contributed by atoms with E-state index >= 15 is 0 Å². The Morgan fingerprint density at radius 1 is 1.18 bits per heavy atom. The highest BCUT2D eigenvalue weighted by Crippen LogP contribution is 2.29. The number of phenols is 1. The molecule has 1 aromatic carbocycles. The van der Waals surface area contributed by atoms with Crippen LogP contribution in [0.3, 0.4) is 0 Å². The van der Waals surface area contributed by atoms with Gasteiger partial charge < -0.3 is 10.0 Å². The van der Waals surface area contributed by atoms with Crippen molar-refractivity contribution in [2.75, 3.05) is 31.1 Å². The van der Waals surface area contributed by atoms with Gasteiger partial charge in [0.1, 0.15) is 44.7 Å². The van der Waals surface area contributed by atoms with Crippen LogP contribution in [0.25, 0.3) is 0 Å². The molecule has 1 aliphatic heterocycles. The van der Waals surface area contributed by atoms with E-state index in [1.165, 1.54) is 16.5 Å². The number of nitrogens with zero attached hydrogens (tertiary/aromatic N) is 1. The number of halogens is 3. The number of quaternary nitrogens is 1. The number of H-pyrrole nitrogens is 1. The molecule has 1 aliphatic rings. The summed E-state index contributed by atoms with van der Waals surface area (Å²) in [6.07, 6.45) is -3.31. The number of hydrogen-bond acceptors (Lipinski definition) is 2. The number of nitrogens with one attached hydrogen (secondary N) is 2. The Morgan fingerprint density at radius 3 is 2.39 bits per heavy atom. The van der Waals surface area contributed by atoms with E-state index in [0.717, 1.165) is 56.1 Å². The second-order valence-electron chi connectivity index (χ2n) is 7.87. The topological polar surface area (TPSA) is 42.1 Å². The first-order chi connectivity index (χ1) is 13.1. The molecular weight excluding hydrogens is 367 g/mol. The van der Waals surface area contributed by atoms with Crippen molar-refractivity contribution in [3.05, 3.63) is 52.7 Å². The van der Waals surface area contributed by atoms with Crippen LogP contribution in [0, 0.1) is 6.92 Å². The number of piperazine rings is 1. The fourth-order valence-corrected chi connectivity index (χ4v) is 3.82. The normalized spacial score (nSPS) is 16.0. The number of aromatic amines is 1. The van der Waals surface area contributed by atoms with Crippen molar-refractivity contribution < 1.29 is 28.2 Å².